The molecule has 0 saturated heterocycles. The summed E-state index contributed by atoms with van der Waals surface area (Å²) in [6.07, 6.45) is 1.19. The van der Waals surface area contributed by atoms with E-state index >= 15 is 0 Å². The van der Waals surface area contributed by atoms with Gasteiger partial charge in [-0.1, -0.05) is 30.7 Å². The van der Waals surface area contributed by atoms with Crippen LogP contribution in [0.25, 0.3) is 0 Å². The first-order chi connectivity index (χ1) is 10.6. The topological polar surface area (TPSA) is 32.7 Å². The lowest BCUT2D eigenvalue weighted by Gasteiger charge is -2.21. The molecule has 3 rings (SSSR count). The first kappa shape index (κ1) is 15.3. The lowest BCUT2D eigenvalue weighted by Crippen LogP contribution is -2.26. The van der Waals surface area contributed by atoms with E-state index in [4.69, 9.17) is 11.6 Å². The number of amides is 1. The van der Waals surface area contributed by atoms with Crippen LogP contribution in [-0.2, 0) is 4.79 Å². The average molecular weight is 333 g/mol. The second-order valence-corrected chi connectivity index (χ2v) is 6.70. The molecule has 1 aliphatic heterocycles. The highest BCUT2D eigenvalue weighted by Crippen LogP contribution is 2.35. The van der Waals surface area contributed by atoms with Crippen molar-refractivity contribution in [1.29, 1.82) is 0 Å². The van der Waals surface area contributed by atoms with Crippen molar-refractivity contribution in [2.75, 3.05) is 0 Å². The Balaban J connectivity index is 1.96. The van der Waals surface area contributed by atoms with Crippen molar-refractivity contribution in [2.24, 2.45) is 5.10 Å². The molecule has 1 unspecified atom stereocenters. The molecule has 0 saturated carbocycles. The van der Waals surface area contributed by atoms with Crippen LogP contribution in [0, 0.1) is 6.92 Å². The van der Waals surface area contributed by atoms with Gasteiger partial charge in [-0.3, -0.25) is 4.79 Å². The normalized spacial score (nSPS) is 17.7. The molecule has 1 aliphatic rings. The van der Waals surface area contributed by atoms with Crippen LogP contribution in [0.15, 0.2) is 40.8 Å². The summed E-state index contributed by atoms with van der Waals surface area (Å²) in [6.45, 7) is 3.95. The van der Waals surface area contributed by atoms with Crippen molar-refractivity contribution in [3.8, 4) is 0 Å². The van der Waals surface area contributed by atoms with Crippen LogP contribution < -0.4 is 0 Å². The summed E-state index contributed by atoms with van der Waals surface area (Å²) in [5, 5.41) is 9.02. The molecule has 1 atom stereocenters. The van der Waals surface area contributed by atoms with Crippen molar-refractivity contribution >= 4 is 34.6 Å². The second kappa shape index (κ2) is 6.23. The van der Waals surface area contributed by atoms with Gasteiger partial charge in [0.25, 0.3) is 0 Å². The fourth-order valence-electron chi connectivity index (χ4n) is 2.65. The summed E-state index contributed by atoms with van der Waals surface area (Å²) in [7, 11) is 0. The Morgan fingerprint density at radius 3 is 2.68 bits per heavy atom. The van der Waals surface area contributed by atoms with Crippen molar-refractivity contribution in [1.82, 2.24) is 5.01 Å². The molecule has 1 aromatic carbocycles. The molecule has 0 radical (unpaired) electrons. The number of thiophene rings is 1. The van der Waals surface area contributed by atoms with Crippen LogP contribution in [0.5, 0.6) is 0 Å². The maximum atomic E-state index is 12.3. The van der Waals surface area contributed by atoms with Gasteiger partial charge in [-0.25, -0.2) is 5.01 Å². The van der Waals surface area contributed by atoms with Crippen molar-refractivity contribution in [2.45, 2.75) is 32.7 Å². The van der Waals surface area contributed by atoms with Crippen LogP contribution in [0.4, 0.5) is 0 Å². The standard InChI is InChI=1S/C17H17ClN2OS/c1-3-16(21)20-15(12-4-6-13(18)7-5-12)10-14(19-20)17-11(2)8-9-22-17/h4-9,15H,3,10H2,1-2H3. The molecule has 0 bridgehead atoms. The summed E-state index contributed by atoms with van der Waals surface area (Å²) < 4.78 is 0. The van der Waals surface area contributed by atoms with Crippen LogP contribution in [-0.4, -0.2) is 16.6 Å². The maximum Gasteiger partial charge on any atom is 0.242 e. The Bertz CT molecular complexity index is 721. The van der Waals surface area contributed by atoms with Gasteiger partial charge >= 0.3 is 0 Å². The second-order valence-electron chi connectivity index (χ2n) is 5.34. The van der Waals surface area contributed by atoms with E-state index in [-0.39, 0.29) is 11.9 Å². The third-order valence-corrected chi connectivity index (χ3v) is 5.16. The number of aryl methyl sites for hydroxylation is 1. The zero-order valence-corrected chi connectivity index (χ0v) is 14.1. The first-order valence-electron chi connectivity index (χ1n) is 7.29. The molecule has 2 aromatic rings. The Labute approximate surface area is 139 Å². The number of carbonyl (C=O) groups excluding carboxylic acids is 1. The third-order valence-electron chi connectivity index (χ3n) is 3.85. The van der Waals surface area contributed by atoms with Crippen molar-refractivity contribution in [3.63, 3.8) is 0 Å². The lowest BCUT2D eigenvalue weighted by molar-refractivity contribution is -0.132. The van der Waals surface area contributed by atoms with Crippen LogP contribution in [0.2, 0.25) is 5.02 Å². The summed E-state index contributed by atoms with van der Waals surface area (Å²) in [6, 6.07) is 9.72. The monoisotopic (exact) mass is 332 g/mol. The molecule has 5 heteroatoms. The van der Waals surface area contributed by atoms with Gasteiger partial charge in [0, 0.05) is 17.9 Å². The zero-order valence-electron chi connectivity index (χ0n) is 12.5. The molecule has 3 nitrogen and oxygen atoms in total. The van der Waals surface area contributed by atoms with E-state index < -0.39 is 0 Å². The smallest absolute Gasteiger partial charge is 0.242 e. The number of hydrogen-bond donors (Lipinski definition) is 0. The Morgan fingerprint density at radius 1 is 1.36 bits per heavy atom. The van der Waals surface area contributed by atoms with E-state index in [1.54, 1.807) is 16.3 Å². The highest BCUT2D eigenvalue weighted by molar-refractivity contribution is 7.12. The fourth-order valence-corrected chi connectivity index (χ4v) is 3.70. The van der Waals surface area contributed by atoms with Crippen molar-refractivity contribution in [3.05, 3.63) is 56.7 Å². The van der Waals surface area contributed by atoms with Gasteiger partial charge in [0.2, 0.25) is 5.91 Å². The number of halogens is 1. The minimum absolute atomic E-state index is 0.0405. The molecule has 0 N–H and O–H groups in total. The number of rotatable bonds is 3. The number of carbonyl (C=O) groups is 1. The molecule has 0 spiro atoms. The summed E-state index contributed by atoms with van der Waals surface area (Å²) in [5.41, 5.74) is 3.28. The number of hydrazone groups is 1. The summed E-state index contributed by atoms with van der Waals surface area (Å²) >= 11 is 7.65. The van der Waals surface area contributed by atoms with Gasteiger partial charge in [0.15, 0.2) is 0 Å². The van der Waals surface area contributed by atoms with Crippen LogP contribution in [0.3, 0.4) is 0 Å². The predicted octanol–water partition coefficient (Wildman–Crippen LogP) is 4.80. The highest BCUT2D eigenvalue weighted by atomic mass is 35.5. The van der Waals surface area contributed by atoms with E-state index in [2.05, 4.69) is 23.5 Å². The summed E-state index contributed by atoms with van der Waals surface area (Å²) in [5.74, 6) is 0.0455. The number of nitrogens with zero attached hydrogens (tertiary/aromatic N) is 2. The van der Waals surface area contributed by atoms with E-state index in [0.29, 0.717) is 11.4 Å². The Hall–Kier alpha value is -1.65. The van der Waals surface area contributed by atoms with Gasteiger partial charge in [0.1, 0.15) is 0 Å². The van der Waals surface area contributed by atoms with E-state index in [0.717, 1.165) is 17.7 Å². The maximum absolute atomic E-state index is 12.3. The molecule has 114 valence electrons. The Kier molecular flexibility index (Phi) is 4.32. The minimum atomic E-state index is -0.0405. The molecule has 22 heavy (non-hydrogen) atoms. The average Bonchev–Trinajstić information content (AvgIpc) is 3.13. The number of benzene rings is 1. The van der Waals surface area contributed by atoms with Gasteiger partial charge in [0.05, 0.1) is 16.6 Å². The van der Waals surface area contributed by atoms with Crippen LogP contribution >= 0.6 is 22.9 Å². The predicted molar refractivity (Wildman–Crippen MR) is 91.5 cm³/mol. The van der Waals surface area contributed by atoms with E-state index in [1.165, 1.54) is 10.4 Å². The zero-order chi connectivity index (χ0) is 15.7. The largest absolute Gasteiger partial charge is 0.273 e. The molecule has 1 amide bonds. The SMILES string of the molecule is CCC(=O)N1N=C(c2sccc2C)CC1c1ccc(Cl)cc1. The van der Waals surface area contributed by atoms with Crippen LogP contribution in [0.1, 0.15) is 41.8 Å². The van der Waals surface area contributed by atoms with E-state index in [1.807, 2.05) is 31.2 Å². The van der Waals surface area contributed by atoms with Gasteiger partial charge in [-0.05, 0) is 41.6 Å². The molecular weight excluding hydrogens is 316 g/mol. The lowest BCUT2D eigenvalue weighted by atomic mass is 10.0. The fraction of sp³-hybridized carbons (Fsp3) is 0.294. The molecular formula is C17H17ClN2OS. The van der Waals surface area contributed by atoms with E-state index in [9.17, 15) is 4.79 Å². The Morgan fingerprint density at radius 2 is 2.09 bits per heavy atom. The van der Waals surface area contributed by atoms with Gasteiger partial charge in [-0.15, -0.1) is 11.3 Å². The van der Waals surface area contributed by atoms with Gasteiger partial charge < -0.3 is 0 Å². The molecule has 2 heterocycles. The highest BCUT2D eigenvalue weighted by Gasteiger charge is 2.33. The number of hydrogen-bond acceptors (Lipinski definition) is 3. The van der Waals surface area contributed by atoms with Crippen molar-refractivity contribution < 1.29 is 4.79 Å². The minimum Gasteiger partial charge on any atom is -0.273 e. The molecule has 0 fully saturated rings. The molecule has 1 aromatic heterocycles. The quantitative estimate of drug-likeness (QED) is 0.794. The summed E-state index contributed by atoms with van der Waals surface area (Å²) in [4.78, 5) is 13.4. The third kappa shape index (κ3) is 2.81. The van der Waals surface area contributed by atoms with Gasteiger partial charge in [-0.2, -0.15) is 5.10 Å². The molecule has 0 aliphatic carbocycles. The first-order valence-corrected chi connectivity index (χ1v) is 8.55.